The van der Waals surface area contributed by atoms with E-state index in [9.17, 15) is 14.7 Å². The first-order valence-corrected chi connectivity index (χ1v) is 8.46. The number of hydrogen-bond donors (Lipinski definition) is 2. The maximum atomic E-state index is 12.1. The monoisotopic (exact) mass is 355 g/mol. The highest BCUT2D eigenvalue weighted by Crippen LogP contribution is 2.44. The number of alkyl carbamates (subject to hydrolysis) is 1. The fourth-order valence-corrected chi connectivity index (χ4v) is 3.16. The van der Waals surface area contributed by atoms with Gasteiger partial charge in [-0.1, -0.05) is 48.5 Å². The van der Waals surface area contributed by atoms with E-state index in [-0.39, 0.29) is 25.7 Å². The third-order valence-electron chi connectivity index (χ3n) is 4.37. The first kappa shape index (κ1) is 17.9. The Morgan fingerprint density at radius 3 is 2.15 bits per heavy atom. The van der Waals surface area contributed by atoms with Crippen molar-refractivity contribution in [3.05, 3.63) is 59.7 Å². The lowest BCUT2D eigenvalue weighted by atomic mass is 9.98. The Morgan fingerprint density at radius 2 is 1.62 bits per heavy atom. The molecule has 0 spiro atoms. The average molecular weight is 355 g/mol. The molecule has 0 aromatic heterocycles. The van der Waals surface area contributed by atoms with Crippen LogP contribution in [0.4, 0.5) is 4.79 Å². The quantitative estimate of drug-likeness (QED) is 0.778. The van der Waals surface area contributed by atoms with Crippen LogP contribution in [0.5, 0.6) is 0 Å². The Morgan fingerprint density at radius 1 is 1.04 bits per heavy atom. The number of hydrogen-bond acceptors (Lipinski definition) is 5. The molecular weight excluding hydrogens is 334 g/mol. The third-order valence-corrected chi connectivity index (χ3v) is 4.37. The van der Waals surface area contributed by atoms with Gasteiger partial charge in [0.1, 0.15) is 13.2 Å². The summed E-state index contributed by atoms with van der Waals surface area (Å²) in [6.45, 7) is 1.00. The molecule has 26 heavy (non-hydrogen) atoms. The smallest absolute Gasteiger partial charge is 0.407 e. The second-order valence-electron chi connectivity index (χ2n) is 6.15. The van der Waals surface area contributed by atoms with Gasteiger partial charge >= 0.3 is 12.1 Å². The van der Waals surface area contributed by atoms with Crippen molar-refractivity contribution in [3.8, 4) is 11.1 Å². The number of benzene rings is 2. The van der Waals surface area contributed by atoms with Crippen LogP contribution < -0.4 is 5.32 Å². The summed E-state index contributed by atoms with van der Waals surface area (Å²) in [6, 6.07) is 15.4. The molecule has 2 aromatic carbocycles. The van der Waals surface area contributed by atoms with Crippen molar-refractivity contribution in [1.82, 2.24) is 5.32 Å². The molecule has 0 heterocycles. The summed E-state index contributed by atoms with van der Waals surface area (Å²) in [4.78, 5) is 22.9. The summed E-state index contributed by atoms with van der Waals surface area (Å²) in [7, 11) is 0. The fraction of sp³-hybridized carbons (Fsp3) is 0.300. The van der Waals surface area contributed by atoms with Crippen LogP contribution in [0.2, 0.25) is 0 Å². The Bertz CT molecular complexity index is 759. The van der Waals surface area contributed by atoms with Gasteiger partial charge in [-0.15, -0.1) is 0 Å². The zero-order valence-corrected chi connectivity index (χ0v) is 14.5. The maximum Gasteiger partial charge on any atom is 0.407 e. The Hall–Kier alpha value is -2.86. The summed E-state index contributed by atoms with van der Waals surface area (Å²) in [6.07, 6.45) is -0.655. The van der Waals surface area contributed by atoms with Crippen molar-refractivity contribution < 1.29 is 24.2 Å². The molecule has 3 rings (SSSR count). The molecule has 6 nitrogen and oxygen atoms in total. The van der Waals surface area contributed by atoms with Crippen LogP contribution in [-0.2, 0) is 14.3 Å². The molecule has 2 aromatic rings. The van der Waals surface area contributed by atoms with E-state index in [1.807, 2.05) is 36.4 Å². The third kappa shape index (κ3) is 3.86. The highest BCUT2D eigenvalue weighted by molar-refractivity contribution is 5.79. The summed E-state index contributed by atoms with van der Waals surface area (Å²) in [5, 5.41) is 11.8. The number of fused-ring (bicyclic) bond motifs is 3. The second-order valence-corrected chi connectivity index (χ2v) is 6.15. The van der Waals surface area contributed by atoms with Crippen molar-refractivity contribution in [2.75, 3.05) is 19.8 Å². The van der Waals surface area contributed by atoms with Gasteiger partial charge in [0.25, 0.3) is 0 Å². The van der Waals surface area contributed by atoms with Crippen LogP contribution in [0, 0.1) is 0 Å². The molecule has 0 fully saturated rings. The van der Waals surface area contributed by atoms with Crippen molar-refractivity contribution in [3.63, 3.8) is 0 Å². The summed E-state index contributed by atoms with van der Waals surface area (Å²) in [5.74, 6) is -0.507. The lowest BCUT2D eigenvalue weighted by Gasteiger charge is -2.18. The van der Waals surface area contributed by atoms with Gasteiger partial charge < -0.3 is 19.9 Å². The predicted octanol–water partition coefficient (Wildman–Crippen LogP) is 2.45. The number of carbonyl (C=O) groups is 2. The van der Waals surface area contributed by atoms with Crippen molar-refractivity contribution >= 4 is 12.1 Å². The average Bonchev–Trinajstić information content (AvgIpc) is 2.97. The van der Waals surface area contributed by atoms with E-state index in [0.717, 1.165) is 22.3 Å². The number of ether oxygens (including phenoxy) is 2. The Kier molecular flexibility index (Phi) is 5.53. The molecule has 1 amide bonds. The van der Waals surface area contributed by atoms with Crippen LogP contribution in [-0.4, -0.2) is 43.0 Å². The van der Waals surface area contributed by atoms with Crippen molar-refractivity contribution in [2.45, 2.75) is 18.9 Å². The fourth-order valence-electron chi connectivity index (χ4n) is 3.16. The molecule has 1 aliphatic rings. The zero-order valence-electron chi connectivity index (χ0n) is 14.5. The number of aliphatic hydroxyl groups is 1. The number of rotatable bonds is 6. The SMILES string of the molecule is CC(=O)OC[C@H](CO)NC(=O)OCC1c2ccccc2-c2ccccc21. The van der Waals surface area contributed by atoms with Crippen molar-refractivity contribution in [2.24, 2.45) is 0 Å². The molecule has 0 saturated carbocycles. The van der Waals surface area contributed by atoms with Gasteiger partial charge in [0.2, 0.25) is 0 Å². The van der Waals surface area contributed by atoms with Crippen LogP contribution in [0.1, 0.15) is 24.0 Å². The molecule has 2 N–H and O–H groups in total. The molecule has 136 valence electrons. The first-order valence-electron chi connectivity index (χ1n) is 8.46. The van der Waals surface area contributed by atoms with Crippen LogP contribution >= 0.6 is 0 Å². The number of amides is 1. The molecule has 0 aliphatic heterocycles. The lowest BCUT2D eigenvalue weighted by Crippen LogP contribution is -2.41. The van der Waals surface area contributed by atoms with E-state index < -0.39 is 18.1 Å². The molecule has 6 heteroatoms. The predicted molar refractivity (Wildman–Crippen MR) is 95.7 cm³/mol. The molecule has 0 radical (unpaired) electrons. The second kappa shape index (κ2) is 8.01. The minimum Gasteiger partial charge on any atom is -0.464 e. The molecule has 0 saturated heterocycles. The molecule has 1 aliphatic carbocycles. The molecule has 0 bridgehead atoms. The minimum absolute atomic E-state index is 0.0332. The van der Waals surface area contributed by atoms with E-state index in [1.165, 1.54) is 6.92 Å². The highest BCUT2D eigenvalue weighted by atomic mass is 16.6. The Balaban J connectivity index is 1.64. The lowest BCUT2D eigenvalue weighted by molar-refractivity contribution is -0.141. The van der Waals surface area contributed by atoms with E-state index in [1.54, 1.807) is 0 Å². The molecular formula is C20H21NO5. The van der Waals surface area contributed by atoms with Crippen LogP contribution in [0.25, 0.3) is 11.1 Å². The number of carbonyl (C=O) groups excluding carboxylic acids is 2. The van der Waals surface area contributed by atoms with Gasteiger partial charge in [-0.25, -0.2) is 4.79 Å². The van der Waals surface area contributed by atoms with Crippen LogP contribution in [0.15, 0.2) is 48.5 Å². The first-order chi connectivity index (χ1) is 12.6. The highest BCUT2D eigenvalue weighted by Gasteiger charge is 2.29. The van der Waals surface area contributed by atoms with Gasteiger partial charge in [0.05, 0.1) is 12.6 Å². The van der Waals surface area contributed by atoms with E-state index in [0.29, 0.717) is 0 Å². The van der Waals surface area contributed by atoms with Gasteiger partial charge in [0, 0.05) is 12.8 Å². The van der Waals surface area contributed by atoms with Gasteiger partial charge in [0.15, 0.2) is 0 Å². The molecule has 1 atom stereocenters. The normalized spacial score (nSPS) is 13.5. The standard InChI is InChI=1S/C20H21NO5/c1-13(23)25-11-14(10-22)21-20(24)26-12-19-17-8-4-2-6-15(17)16-7-3-5-9-18(16)19/h2-9,14,19,22H,10-12H2,1H3,(H,21,24)/t14-/m0/s1. The van der Waals surface area contributed by atoms with Crippen molar-refractivity contribution in [1.29, 1.82) is 0 Å². The topological polar surface area (TPSA) is 84.9 Å². The number of aliphatic hydroxyl groups excluding tert-OH is 1. The number of nitrogens with one attached hydrogen (secondary N) is 1. The largest absolute Gasteiger partial charge is 0.464 e. The summed E-state index contributed by atoms with van der Waals surface area (Å²) >= 11 is 0. The van der Waals surface area contributed by atoms with Gasteiger partial charge in [-0.3, -0.25) is 4.79 Å². The molecule has 0 unspecified atom stereocenters. The van der Waals surface area contributed by atoms with Gasteiger partial charge in [-0.05, 0) is 22.3 Å². The van der Waals surface area contributed by atoms with Crippen LogP contribution in [0.3, 0.4) is 0 Å². The minimum atomic E-state index is -0.699. The van der Waals surface area contributed by atoms with Gasteiger partial charge in [-0.2, -0.15) is 0 Å². The van der Waals surface area contributed by atoms with E-state index >= 15 is 0 Å². The summed E-state index contributed by atoms with van der Waals surface area (Å²) in [5.41, 5.74) is 4.56. The number of esters is 1. The van der Waals surface area contributed by atoms with E-state index in [2.05, 4.69) is 17.4 Å². The maximum absolute atomic E-state index is 12.1. The zero-order chi connectivity index (χ0) is 18.5. The summed E-state index contributed by atoms with van der Waals surface area (Å²) < 4.78 is 10.2. The van der Waals surface area contributed by atoms with E-state index in [4.69, 9.17) is 9.47 Å². The Labute approximate surface area is 151 Å².